The van der Waals surface area contributed by atoms with E-state index in [2.05, 4.69) is 29.3 Å². The fourth-order valence-electron chi connectivity index (χ4n) is 6.10. The van der Waals surface area contributed by atoms with Gasteiger partial charge in [0.15, 0.2) is 0 Å². The number of rotatable bonds is 11. The van der Waals surface area contributed by atoms with E-state index in [0.717, 1.165) is 54.7 Å². The van der Waals surface area contributed by atoms with Crippen molar-refractivity contribution in [2.24, 2.45) is 5.92 Å². The molecule has 2 aromatic rings. The highest BCUT2D eigenvalue weighted by atomic mass is 16.6. The van der Waals surface area contributed by atoms with Crippen LogP contribution in [0.25, 0.3) is 0 Å². The summed E-state index contributed by atoms with van der Waals surface area (Å²) in [5.41, 5.74) is 5.22. The van der Waals surface area contributed by atoms with Gasteiger partial charge in [-0.05, 0) is 87.4 Å². The van der Waals surface area contributed by atoms with Crippen LogP contribution >= 0.6 is 0 Å². The third kappa shape index (κ3) is 8.93. The maximum Gasteiger partial charge on any atom is 0.407 e. The summed E-state index contributed by atoms with van der Waals surface area (Å²) in [5, 5.41) is 12.9. The molecular weight excluding hydrogens is 548 g/mol. The monoisotopic (exact) mass is 594 g/mol. The highest BCUT2D eigenvalue weighted by Gasteiger charge is 2.30. The molecule has 0 bridgehead atoms. The minimum absolute atomic E-state index is 0.00216. The first-order valence-corrected chi connectivity index (χ1v) is 15.3. The smallest absolute Gasteiger partial charge is 0.407 e. The Morgan fingerprint density at radius 1 is 1.07 bits per heavy atom. The highest BCUT2D eigenvalue weighted by Crippen LogP contribution is 2.30. The first kappa shape index (κ1) is 32.3. The number of carboxylic acid groups (broad SMARTS) is 1. The minimum atomic E-state index is -0.855. The lowest BCUT2D eigenvalue weighted by Gasteiger charge is -2.38. The van der Waals surface area contributed by atoms with E-state index >= 15 is 0 Å². The van der Waals surface area contributed by atoms with Crippen LogP contribution in [0, 0.1) is 12.8 Å². The SMILES string of the molecule is CCOC(=O)COCc1cccc(NC2CCC(C(=O)N(C)c3ccc(CN4CCN(C(=O)O)[C@@H](C)C4)c(C)c3)CC2)c1. The van der Waals surface area contributed by atoms with Gasteiger partial charge in [0.25, 0.3) is 0 Å². The predicted molar refractivity (Wildman–Crippen MR) is 166 cm³/mol. The van der Waals surface area contributed by atoms with Crippen LogP contribution in [0.1, 0.15) is 56.2 Å². The maximum atomic E-state index is 13.4. The van der Waals surface area contributed by atoms with Crippen LogP contribution in [0.3, 0.4) is 0 Å². The largest absolute Gasteiger partial charge is 0.465 e. The lowest BCUT2D eigenvalue weighted by Crippen LogP contribution is -2.53. The second kappa shape index (κ2) is 15.2. The zero-order valence-corrected chi connectivity index (χ0v) is 25.9. The molecular formula is C33H46N4O6. The number of nitrogens with zero attached hydrogens (tertiary/aromatic N) is 3. The van der Waals surface area contributed by atoms with Gasteiger partial charge in [-0.15, -0.1) is 0 Å². The lowest BCUT2D eigenvalue weighted by atomic mass is 9.85. The molecule has 0 unspecified atom stereocenters. The van der Waals surface area contributed by atoms with Crippen LogP contribution in [-0.4, -0.2) is 84.9 Å². The Labute approximate surface area is 254 Å². The van der Waals surface area contributed by atoms with Crippen molar-refractivity contribution in [3.8, 4) is 0 Å². The first-order valence-electron chi connectivity index (χ1n) is 15.3. The lowest BCUT2D eigenvalue weighted by molar-refractivity contribution is -0.148. The van der Waals surface area contributed by atoms with Gasteiger partial charge < -0.3 is 29.7 Å². The van der Waals surface area contributed by atoms with Crippen molar-refractivity contribution in [2.45, 2.75) is 71.7 Å². The summed E-state index contributed by atoms with van der Waals surface area (Å²) < 4.78 is 10.4. The number of benzene rings is 2. The normalized spacial score (nSPS) is 20.8. The van der Waals surface area contributed by atoms with E-state index in [4.69, 9.17) is 9.47 Å². The van der Waals surface area contributed by atoms with Gasteiger partial charge in [0.05, 0.1) is 13.2 Å². The zero-order chi connectivity index (χ0) is 30.9. The van der Waals surface area contributed by atoms with Gasteiger partial charge >= 0.3 is 12.1 Å². The molecule has 4 rings (SSSR count). The molecule has 0 aromatic heterocycles. The summed E-state index contributed by atoms with van der Waals surface area (Å²) in [6, 6.07) is 14.5. The van der Waals surface area contributed by atoms with Gasteiger partial charge in [-0.1, -0.05) is 18.2 Å². The van der Waals surface area contributed by atoms with Crippen LogP contribution in [0.15, 0.2) is 42.5 Å². The molecule has 43 heavy (non-hydrogen) atoms. The van der Waals surface area contributed by atoms with Gasteiger partial charge in [0, 0.05) is 62.6 Å². The number of nitrogens with one attached hydrogen (secondary N) is 1. The molecule has 2 aromatic carbocycles. The van der Waals surface area contributed by atoms with E-state index in [-0.39, 0.29) is 30.4 Å². The van der Waals surface area contributed by atoms with Crippen molar-refractivity contribution in [3.05, 3.63) is 59.2 Å². The van der Waals surface area contributed by atoms with Gasteiger partial charge in [-0.2, -0.15) is 0 Å². The number of aryl methyl sites for hydroxylation is 1. The molecule has 2 N–H and O–H groups in total. The molecule has 1 saturated carbocycles. The number of piperazine rings is 1. The Balaban J connectivity index is 1.24. The number of amides is 2. The van der Waals surface area contributed by atoms with Crippen molar-refractivity contribution >= 4 is 29.3 Å². The van der Waals surface area contributed by atoms with Crippen LogP contribution in [-0.2, 0) is 32.2 Å². The Bertz CT molecular complexity index is 1260. The summed E-state index contributed by atoms with van der Waals surface area (Å²) in [6.45, 7) is 9.12. The Morgan fingerprint density at radius 3 is 2.51 bits per heavy atom. The maximum absolute atomic E-state index is 13.4. The van der Waals surface area contributed by atoms with E-state index in [9.17, 15) is 19.5 Å². The summed E-state index contributed by atoms with van der Waals surface area (Å²) in [4.78, 5) is 41.9. The molecule has 10 nitrogen and oxygen atoms in total. The molecule has 1 saturated heterocycles. The molecule has 0 spiro atoms. The summed E-state index contributed by atoms with van der Waals surface area (Å²) in [5.74, 6) is -0.205. The van der Waals surface area contributed by atoms with Crippen molar-refractivity contribution in [1.29, 1.82) is 0 Å². The number of anilines is 2. The van der Waals surface area contributed by atoms with Crippen LogP contribution in [0.2, 0.25) is 0 Å². The number of ether oxygens (including phenoxy) is 2. The molecule has 2 amide bonds. The van der Waals surface area contributed by atoms with Crippen LogP contribution in [0.5, 0.6) is 0 Å². The molecule has 10 heteroatoms. The second-order valence-corrected chi connectivity index (χ2v) is 11.8. The van der Waals surface area contributed by atoms with Gasteiger partial charge in [0.2, 0.25) is 5.91 Å². The van der Waals surface area contributed by atoms with E-state index in [1.54, 1.807) is 11.8 Å². The zero-order valence-electron chi connectivity index (χ0n) is 25.9. The quantitative estimate of drug-likeness (QED) is 0.354. The molecule has 1 aliphatic heterocycles. The van der Waals surface area contributed by atoms with E-state index in [0.29, 0.717) is 38.9 Å². The average Bonchev–Trinajstić information content (AvgIpc) is 2.98. The van der Waals surface area contributed by atoms with Crippen molar-refractivity contribution < 1.29 is 29.0 Å². The molecule has 234 valence electrons. The Kier molecular flexibility index (Phi) is 11.4. The molecule has 1 aliphatic carbocycles. The number of carbonyl (C=O) groups excluding carboxylic acids is 2. The van der Waals surface area contributed by atoms with Crippen molar-refractivity contribution in [2.75, 3.05) is 50.1 Å². The number of hydrogen-bond donors (Lipinski definition) is 2. The summed E-state index contributed by atoms with van der Waals surface area (Å²) in [6.07, 6.45) is 2.64. The standard InChI is InChI=1S/C33H46N4O6/c1-5-43-31(38)22-42-21-25-7-6-8-29(18-25)34-28-12-9-26(10-13-28)32(39)35(4)30-14-11-27(23(2)17-30)20-36-15-16-37(33(40)41)24(3)19-36/h6-8,11,14,17-18,24,26,28,34H,5,9-10,12-13,15-16,19-22H2,1-4H3,(H,40,41)/t24-,26?,28?/m0/s1. The first-order chi connectivity index (χ1) is 20.6. The molecule has 1 heterocycles. The van der Waals surface area contributed by atoms with Crippen LogP contribution < -0.4 is 10.2 Å². The van der Waals surface area contributed by atoms with Gasteiger partial charge in [0.1, 0.15) is 6.61 Å². The van der Waals surface area contributed by atoms with E-state index in [1.165, 1.54) is 10.5 Å². The fourth-order valence-corrected chi connectivity index (χ4v) is 6.10. The Hall–Kier alpha value is -3.63. The minimum Gasteiger partial charge on any atom is -0.465 e. The average molecular weight is 595 g/mol. The highest BCUT2D eigenvalue weighted by molar-refractivity contribution is 5.94. The predicted octanol–water partition coefficient (Wildman–Crippen LogP) is 4.89. The number of hydrogen-bond acceptors (Lipinski definition) is 7. The number of carbonyl (C=O) groups is 3. The second-order valence-electron chi connectivity index (χ2n) is 11.8. The summed E-state index contributed by atoms with van der Waals surface area (Å²) in [7, 11) is 1.86. The fraction of sp³-hybridized carbons (Fsp3) is 0.545. The van der Waals surface area contributed by atoms with E-state index < -0.39 is 6.09 Å². The van der Waals surface area contributed by atoms with E-state index in [1.807, 2.05) is 44.3 Å². The summed E-state index contributed by atoms with van der Waals surface area (Å²) >= 11 is 0. The topological polar surface area (TPSA) is 112 Å². The van der Waals surface area contributed by atoms with Crippen molar-refractivity contribution in [1.82, 2.24) is 9.80 Å². The molecule has 2 aliphatic rings. The van der Waals surface area contributed by atoms with Gasteiger partial charge in [-0.3, -0.25) is 9.69 Å². The number of esters is 1. The Morgan fingerprint density at radius 2 is 1.84 bits per heavy atom. The molecule has 2 fully saturated rings. The third-order valence-electron chi connectivity index (χ3n) is 8.56. The van der Waals surface area contributed by atoms with Crippen LogP contribution in [0.4, 0.5) is 16.2 Å². The molecule has 0 radical (unpaired) electrons. The molecule has 1 atom stereocenters. The van der Waals surface area contributed by atoms with Gasteiger partial charge in [-0.25, -0.2) is 9.59 Å². The third-order valence-corrected chi connectivity index (χ3v) is 8.56. The van der Waals surface area contributed by atoms with Crippen molar-refractivity contribution in [3.63, 3.8) is 0 Å².